The first-order valence-electron chi connectivity index (χ1n) is 5.79. The fourth-order valence-electron chi connectivity index (χ4n) is 1.78. The maximum absolute atomic E-state index is 12.3. The van der Waals surface area contributed by atoms with Crippen LogP contribution in [0.1, 0.15) is 26.5 Å². The molecule has 0 saturated heterocycles. The van der Waals surface area contributed by atoms with Crippen LogP contribution in [-0.2, 0) is 4.79 Å². The van der Waals surface area contributed by atoms with Gasteiger partial charge in [0.25, 0.3) is 0 Å². The summed E-state index contributed by atoms with van der Waals surface area (Å²) in [5.74, 6) is 0.386. The van der Waals surface area contributed by atoms with Crippen molar-refractivity contribution in [3.05, 3.63) is 17.8 Å². The summed E-state index contributed by atoms with van der Waals surface area (Å²) in [5, 5.41) is 8.79. The lowest BCUT2D eigenvalue weighted by atomic mass is 9.94. The molecule has 0 aromatic carbocycles. The second-order valence-electron chi connectivity index (χ2n) is 5.19. The van der Waals surface area contributed by atoms with Crippen LogP contribution in [0.5, 0.6) is 5.88 Å². The number of amides is 1. The molecule has 1 aromatic heterocycles. The number of carbonyl (C=O) groups excluding carboxylic acids is 1. The Balaban J connectivity index is 2.41. The van der Waals surface area contributed by atoms with E-state index in [0.29, 0.717) is 30.4 Å². The Bertz CT molecular complexity index is 526. The van der Waals surface area contributed by atoms with Crippen LogP contribution in [-0.4, -0.2) is 24.0 Å². The molecular formula is C13H15N3O2. The number of nitrogens with zero attached hydrogens (tertiary/aromatic N) is 3. The Morgan fingerprint density at radius 3 is 2.83 bits per heavy atom. The second-order valence-corrected chi connectivity index (χ2v) is 5.19. The number of hydrogen-bond acceptors (Lipinski definition) is 4. The van der Waals surface area contributed by atoms with Crippen molar-refractivity contribution in [3.8, 4) is 11.9 Å². The molecule has 0 aliphatic carbocycles. The molecule has 1 aliphatic rings. The highest BCUT2D eigenvalue weighted by molar-refractivity contribution is 5.98. The number of anilines is 1. The zero-order valence-corrected chi connectivity index (χ0v) is 10.7. The fraction of sp³-hybridized carbons (Fsp3) is 0.462. The average Bonchev–Trinajstić information content (AvgIpc) is 2.35. The molecule has 0 bridgehead atoms. The molecule has 18 heavy (non-hydrogen) atoms. The average molecular weight is 245 g/mol. The predicted molar refractivity (Wildman–Crippen MR) is 66.3 cm³/mol. The maximum Gasteiger partial charge on any atom is 0.239 e. The molecule has 0 radical (unpaired) electrons. The van der Waals surface area contributed by atoms with E-state index in [1.807, 2.05) is 26.8 Å². The van der Waals surface area contributed by atoms with Crippen LogP contribution in [0.2, 0.25) is 0 Å². The molecule has 1 aromatic rings. The third kappa shape index (κ3) is 2.14. The van der Waals surface area contributed by atoms with Crippen LogP contribution in [0.3, 0.4) is 0 Å². The zero-order chi connectivity index (χ0) is 13.3. The molecule has 1 amide bonds. The number of aromatic nitrogens is 1. The van der Waals surface area contributed by atoms with Crippen LogP contribution in [0.4, 0.5) is 5.69 Å². The predicted octanol–water partition coefficient (Wildman–Crippen LogP) is 1.72. The molecule has 0 spiro atoms. The van der Waals surface area contributed by atoms with E-state index in [1.165, 1.54) is 0 Å². The van der Waals surface area contributed by atoms with E-state index in [0.717, 1.165) is 0 Å². The highest BCUT2D eigenvalue weighted by Gasteiger charge is 2.32. The Labute approximate surface area is 106 Å². The van der Waals surface area contributed by atoms with Gasteiger partial charge in [-0.25, -0.2) is 4.98 Å². The van der Waals surface area contributed by atoms with Gasteiger partial charge in [-0.2, -0.15) is 5.26 Å². The molecule has 2 rings (SSSR count). The number of carbonyl (C=O) groups is 1. The van der Waals surface area contributed by atoms with Crippen molar-refractivity contribution in [2.75, 3.05) is 18.1 Å². The first kappa shape index (κ1) is 12.4. The van der Waals surface area contributed by atoms with Gasteiger partial charge in [-0.05, 0) is 12.1 Å². The third-order valence-corrected chi connectivity index (χ3v) is 2.69. The molecule has 5 heteroatoms. The highest BCUT2D eigenvalue weighted by atomic mass is 16.5. The van der Waals surface area contributed by atoms with Gasteiger partial charge in [0.05, 0.1) is 6.54 Å². The van der Waals surface area contributed by atoms with Crippen molar-refractivity contribution in [2.24, 2.45) is 5.41 Å². The van der Waals surface area contributed by atoms with Crippen LogP contribution < -0.4 is 9.64 Å². The summed E-state index contributed by atoms with van der Waals surface area (Å²) in [5.41, 5.74) is 0.474. The molecule has 0 N–H and O–H groups in total. The zero-order valence-electron chi connectivity index (χ0n) is 10.7. The highest BCUT2D eigenvalue weighted by Crippen LogP contribution is 2.32. The summed E-state index contributed by atoms with van der Waals surface area (Å²) in [6.07, 6.45) is 0. The second kappa shape index (κ2) is 4.30. The summed E-state index contributed by atoms with van der Waals surface area (Å²) in [6, 6.07) is 5.26. The van der Waals surface area contributed by atoms with E-state index in [9.17, 15) is 4.79 Å². The van der Waals surface area contributed by atoms with Gasteiger partial charge in [-0.15, -0.1) is 0 Å². The lowest BCUT2D eigenvalue weighted by molar-refractivity contribution is -0.126. The quantitative estimate of drug-likeness (QED) is 0.698. The number of rotatable bonds is 0. The van der Waals surface area contributed by atoms with Crippen molar-refractivity contribution in [2.45, 2.75) is 20.8 Å². The molecule has 1 aliphatic heterocycles. The number of pyridine rings is 1. The monoisotopic (exact) mass is 245 g/mol. The lowest BCUT2D eigenvalue weighted by Crippen LogP contribution is -2.44. The number of ether oxygens (including phenoxy) is 1. The summed E-state index contributed by atoms with van der Waals surface area (Å²) >= 11 is 0. The molecule has 5 nitrogen and oxygen atoms in total. The van der Waals surface area contributed by atoms with Crippen molar-refractivity contribution < 1.29 is 9.53 Å². The van der Waals surface area contributed by atoms with E-state index >= 15 is 0 Å². The van der Waals surface area contributed by atoms with Crippen LogP contribution in [0.25, 0.3) is 0 Å². The summed E-state index contributed by atoms with van der Waals surface area (Å²) in [6.45, 7) is 6.54. The van der Waals surface area contributed by atoms with E-state index in [1.54, 1.807) is 17.0 Å². The Morgan fingerprint density at radius 1 is 1.50 bits per heavy atom. The van der Waals surface area contributed by atoms with Crippen molar-refractivity contribution in [1.29, 1.82) is 5.26 Å². The molecule has 94 valence electrons. The molecule has 2 heterocycles. The van der Waals surface area contributed by atoms with Crippen LogP contribution in [0.15, 0.2) is 12.1 Å². The number of hydrogen-bond donors (Lipinski definition) is 0. The molecule has 0 fully saturated rings. The summed E-state index contributed by atoms with van der Waals surface area (Å²) in [7, 11) is 0. The maximum atomic E-state index is 12.3. The van der Waals surface area contributed by atoms with Crippen LogP contribution >= 0.6 is 0 Å². The van der Waals surface area contributed by atoms with Gasteiger partial charge < -0.3 is 9.64 Å². The molecule has 0 unspecified atom stereocenters. The van der Waals surface area contributed by atoms with E-state index < -0.39 is 5.41 Å². The third-order valence-electron chi connectivity index (χ3n) is 2.69. The molecule has 0 atom stereocenters. The minimum Gasteiger partial charge on any atom is -0.474 e. The Kier molecular flexibility index (Phi) is 2.95. The van der Waals surface area contributed by atoms with Gasteiger partial charge in [-0.1, -0.05) is 20.8 Å². The van der Waals surface area contributed by atoms with Gasteiger partial charge in [-0.3, -0.25) is 4.79 Å². The smallest absolute Gasteiger partial charge is 0.239 e. The first-order chi connectivity index (χ1) is 8.43. The van der Waals surface area contributed by atoms with E-state index in [-0.39, 0.29) is 5.91 Å². The standard InChI is InChI=1S/C13H15N3O2/c1-13(2,3)12(17)16-6-7-18-11-10(16)5-4-9(8-14)15-11/h4-5H,6-7H2,1-3H3. The minimum absolute atomic E-state index is 0.0264. The number of nitriles is 1. The summed E-state index contributed by atoms with van der Waals surface area (Å²) in [4.78, 5) is 18.1. The van der Waals surface area contributed by atoms with Crippen molar-refractivity contribution in [3.63, 3.8) is 0 Å². The fourth-order valence-corrected chi connectivity index (χ4v) is 1.78. The van der Waals surface area contributed by atoms with Crippen molar-refractivity contribution in [1.82, 2.24) is 4.98 Å². The molecular weight excluding hydrogens is 230 g/mol. The normalized spacial score (nSPS) is 14.4. The van der Waals surface area contributed by atoms with Gasteiger partial charge in [0.2, 0.25) is 11.8 Å². The van der Waals surface area contributed by atoms with E-state index in [4.69, 9.17) is 10.00 Å². The number of fused-ring (bicyclic) bond motifs is 1. The first-order valence-corrected chi connectivity index (χ1v) is 5.79. The van der Waals surface area contributed by atoms with E-state index in [2.05, 4.69) is 4.98 Å². The Morgan fingerprint density at radius 2 is 2.22 bits per heavy atom. The molecule has 0 saturated carbocycles. The van der Waals surface area contributed by atoms with Crippen molar-refractivity contribution >= 4 is 11.6 Å². The van der Waals surface area contributed by atoms with Gasteiger partial charge in [0, 0.05) is 5.41 Å². The largest absolute Gasteiger partial charge is 0.474 e. The van der Waals surface area contributed by atoms with Gasteiger partial charge in [0.15, 0.2) is 0 Å². The van der Waals surface area contributed by atoms with Gasteiger partial charge >= 0.3 is 0 Å². The topological polar surface area (TPSA) is 66.2 Å². The summed E-state index contributed by atoms with van der Waals surface area (Å²) < 4.78 is 5.40. The van der Waals surface area contributed by atoms with Crippen LogP contribution in [0, 0.1) is 16.7 Å². The lowest BCUT2D eigenvalue weighted by Gasteiger charge is -2.33. The minimum atomic E-state index is -0.456. The Hall–Kier alpha value is -2.09. The SMILES string of the molecule is CC(C)(C)C(=O)N1CCOc2nc(C#N)ccc21. The van der Waals surface area contributed by atoms with Gasteiger partial charge in [0.1, 0.15) is 24.1 Å².